The number of unbranched alkanes of at least 4 members (excludes halogenated alkanes) is 2. The van der Waals surface area contributed by atoms with Gasteiger partial charge in [0.15, 0.2) is 0 Å². The maximum atomic E-state index is 6.12. The van der Waals surface area contributed by atoms with Gasteiger partial charge >= 0.3 is 0 Å². The highest BCUT2D eigenvalue weighted by atomic mass is 16.5. The number of hydrogen-bond donors (Lipinski definition) is 0. The molecule has 0 N–H and O–H groups in total. The third-order valence-electron chi connectivity index (χ3n) is 6.33. The molecule has 2 nitrogen and oxygen atoms in total. The van der Waals surface area contributed by atoms with Gasteiger partial charge in [0.1, 0.15) is 0 Å². The van der Waals surface area contributed by atoms with Crippen LogP contribution in [0, 0.1) is 11.8 Å². The van der Waals surface area contributed by atoms with E-state index < -0.39 is 0 Å². The Morgan fingerprint density at radius 1 is 0.905 bits per heavy atom. The fourth-order valence-electron chi connectivity index (χ4n) is 4.74. The van der Waals surface area contributed by atoms with Crippen LogP contribution in [0.1, 0.15) is 84.0 Å². The zero-order chi connectivity index (χ0) is 15.1. The molecule has 0 atom stereocenters. The van der Waals surface area contributed by atoms with E-state index in [1.54, 1.807) is 0 Å². The van der Waals surface area contributed by atoms with E-state index in [1.807, 2.05) is 14.2 Å². The molecule has 2 saturated carbocycles. The van der Waals surface area contributed by atoms with Gasteiger partial charge in [0, 0.05) is 14.2 Å². The molecule has 21 heavy (non-hydrogen) atoms. The molecule has 2 rings (SSSR count). The Labute approximate surface area is 132 Å². The highest BCUT2D eigenvalue weighted by Gasteiger charge is 2.43. The van der Waals surface area contributed by atoms with Crippen LogP contribution in [0.4, 0.5) is 0 Å². The standard InChI is InChI=1S/C19H36O2/c1-4-5-6-7-16-12-14-19(21-3,15-13-16)17-8-10-18(20-2)11-9-17/h16-18H,4-15H2,1-3H3. The van der Waals surface area contributed by atoms with E-state index in [2.05, 4.69) is 6.92 Å². The van der Waals surface area contributed by atoms with Crippen LogP contribution in [-0.4, -0.2) is 25.9 Å². The van der Waals surface area contributed by atoms with Crippen LogP contribution in [0.2, 0.25) is 0 Å². The molecule has 0 saturated heterocycles. The third kappa shape index (κ3) is 4.45. The second-order valence-electron chi connectivity index (χ2n) is 7.42. The highest BCUT2D eigenvalue weighted by molar-refractivity contribution is 4.94. The molecular weight excluding hydrogens is 260 g/mol. The van der Waals surface area contributed by atoms with E-state index in [-0.39, 0.29) is 5.60 Å². The first kappa shape index (κ1) is 17.3. The Balaban J connectivity index is 1.81. The van der Waals surface area contributed by atoms with Crippen LogP contribution in [0.3, 0.4) is 0 Å². The molecule has 0 aromatic carbocycles. The van der Waals surface area contributed by atoms with Crippen molar-refractivity contribution in [2.45, 2.75) is 95.7 Å². The molecule has 2 heteroatoms. The first-order valence-corrected chi connectivity index (χ1v) is 9.32. The molecule has 2 aliphatic carbocycles. The van der Waals surface area contributed by atoms with Crippen molar-refractivity contribution in [3.05, 3.63) is 0 Å². The summed E-state index contributed by atoms with van der Waals surface area (Å²) in [6.07, 6.45) is 16.6. The number of methoxy groups -OCH3 is 2. The maximum Gasteiger partial charge on any atom is 0.0707 e. The lowest BCUT2D eigenvalue weighted by Crippen LogP contribution is -2.45. The van der Waals surface area contributed by atoms with Crippen LogP contribution >= 0.6 is 0 Å². The summed E-state index contributed by atoms with van der Waals surface area (Å²) in [5, 5.41) is 0. The van der Waals surface area contributed by atoms with Crippen LogP contribution < -0.4 is 0 Å². The summed E-state index contributed by atoms with van der Waals surface area (Å²) < 4.78 is 11.6. The minimum Gasteiger partial charge on any atom is -0.381 e. The van der Waals surface area contributed by atoms with Gasteiger partial charge in [-0.05, 0) is 63.2 Å². The van der Waals surface area contributed by atoms with Gasteiger partial charge in [-0.1, -0.05) is 32.6 Å². The quantitative estimate of drug-likeness (QED) is 0.590. The largest absolute Gasteiger partial charge is 0.381 e. The summed E-state index contributed by atoms with van der Waals surface area (Å²) in [5.41, 5.74) is 0.194. The van der Waals surface area contributed by atoms with Crippen LogP contribution in [0.25, 0.3) is 0 Å². The zero-order valence-corrected chi connectivity index (χ0v) is 14.5. The van der Waals surface area contributed by atoms with Crippen molar-refractivity contribution < 1.29 is 9.47 Å². The summed E-state index contributed by atoms with van der Waals surface area (Å²) in [7, 11) is 3.82. The lowest BCUT2D eigenvalue weighted by atomic mass is 9.66. The van der Waals surface area contributed by atoms with Gasteiger partial charge in [0.2, 0.25) is 0 Å². The summed E-state index contributed by atoms with van der Waals surface area (Å²) in [6.45, 7) is 2.30. The molecule has 124 valence electrons. The van der Waals surface area contributed by atoms with E-state index in [0.29, 0.717) is 6.10 Å². The molecule has 0 aromatic rings. The average molecular weight is 296 g/mol. The summed E-state index contributed by atoms with van der Waals surface area (Å²) >= 11 is 0. The summed E-state index contributed by atoms with van der Waals surface area (Å²) in [5.74, 6) is 1.74. The van der Waals surface area contributed by atoms with Gasteiger partial charge in [-0.15, -0.1) is 0 Å². The van der Waals surface area contributed by atoms with E-state index in [1.165, 1.54) is 77.0 Å². The Kier molecular flexibility index (Phi) is 7.01. The molecule has 0 spiro atoms. The van der Waals surface area contributed by atoms with Gasteiger partial charge in [-0.3, -0.25) is 0 Å². The monoisotopic (exact) mass is 296 g/mol. The first-order valence-electron chi connectivity index (χ1n) is 9.32. The van der Waals surface area contributed by atoms with Crippen molar-refractivity contribution in [3.63, 3.8) is 0 Å². The molecule has 0 bridgehead atoms. The second kappa shape index (κ2) is 8.53. The van der Waals surface area contributed by atoms with E-state index in [9.17, 15) is 0 Å². The third-order valence-corrected chi connectivity index (χ3v) is 6.33. The van der Waals surface area contributed by atoms with Crippen molar-refractivity contribution in [2.75, 3.05) is 14.2 Å². The number of ether oxygens (including phenoxy) is 2. The molecule has 0 aliphatic heterocycles. The van der Waals surface area contributed by atoms with E-state index >= 15 is 0 Å². The molecule has 0 heterocycles. The Morgan fingerprint density at radius 3 is 2.10 bits per heavy atom. The van der Waals surface area contributed by atoms with Gasteiger partial charge < -0.3 is 9.47 Å². The number of hydrogen-bond acceptors (Lipinski definition) is 2. The van der Waals surface area contributed by atoms with Crippen LogP contribution in [-0.2, 0) is 9.47 Å². The molecule has 0 unspecified atom stereocenters. The van der Waals surface area contributed by atoms with Gasteiger partial charge in [0.05, 0.1) is 11.7 Å². The molecule has 0 aromatic heterocycles. The van der Waals surface area contributed by atoms with Crippen molar-refractivity contribution in [1.29, 1.82) is 0 Å². The SMILES string of the molecule is CCCCCC1CCC(OC)(C2CCC(OC)CC2)CC1. The highest BCUT2D eigenvalue weighted by Crippen LogP contribution is 2.46. The average Bonchev–Trinajstić information content (AvgIpc) is 2.56. The van der Waals surface area contributed by atoms with Gasteiger partial charge in [0.25, 0.3) is 0 Å². The fraction of sp³-hybridized carbons (Fsp3) is 1.00. The van der Waals surface area contributed by atoms with E-state index in [0.717, 1.165) is 11.8 Å². The molecule has 0 radical (unpaired) electrons. The van der Waals surface area contributed by atoms with Gasteiger partial charge in [-0.2, -0.15) is 0 Å². The van der Waals surface area contributed by atoms with Crippen molar-refractivity contribution >= 4 is 0 Å². The number of rotatable bonds is 7. The second-order valence-corrected chi connectivity index (χ2v) is 7.42. The molecule has 2 aliphatic rings. The lowest BCUT2D eigenvalue weighted by Gasteiger charge is -2.47. The predicted molar refractivity (Wildman–Crippen MR) is 88.6 cm³/mol. The normalized spacial score (nSPS) is 37.6. The molecular formula is C19H36O2. The summed E-state index contributed by atoms with van der Waals surface area (Å²) in [4.78, 5) is 0. The smallest absolute Gasteiger partial charge is 0.0707 e. The molecule has 0 amide bonds. The first-order chi connectivity index (χ1) is 10.2. The Morgan fingerprint density at radius 2 is 1.57 bits per heavy atom. The topological polar surface area (TPSA) is 18.5 Å². The predicted octanol–water partition coefficient (Wildman–Crippen LogP) is 5.35. The van der Waals surface area contributed by atoms with Crippen LogP contribution in [0.15, 0.2) is 0 Å². The minimum absolute atomic E-state index is 0.194. The maximum absolute atomic E-state index is 6.12. The van der Waals surface area contributed by atoms with E-state index in [4.69, 9.17) is 9.47 Å². The zero-order valence-electron chi connectivity index (χ0n) is 14.5. The van der Waals surface area contributed by atoms with Gasteiger partial charge in [-0.25, -0.2) is 0 Å². The molecule has 2 fully saturated rings. The fourth-order valence-corrected chi connectivity index (χ4v) is 4.74. The van der Waals surface area contributed by atoms with Crippen molar-refractivity contribution in [3.8, 4) is 0 Å². The Hall–Kier alpha value is -0.0800. The lowest BCUT2D eigenvalue weighted by molar-refractivity contribution is -0.111. The summed E-state index contributed by atoms with van der Waals surface area (Å²) in [6, 6.07) is 0. The van der Waals surface area contributed by atoms with Crippen molar-refractivity contribution in [1.82, 2.24) is 0 Å². The van der Waals surface area contributed by atoms with Crippen LogP contribution in [0.5, 0.6) is 0 Å². The minimum atomic E-state index is 0.194. The Bertz CT molecular complexity index is 273. The van der Waals surface area contributed by atoms with Crippen molar-refractivity contribution in [2.24, 2.45) is 11.8 Å².